The predicted octanol–water partition coefficient (Wildman–Crippen LogP) is 4.61. The molecule has 0 aromatic heterocycles. The van der Waals surface area contributed by atoms with Crippen molar-refractivity contribution in [3.8, 4) is 0 Å². The zero-order valence-corrected chi connectivity index (χ0v) is 14.0. The van der Waals surface area contributed by atoms with Gasteiger partial charge in [-0.3, -0.25) is 0 Å². The molecule has 2 rings (SSSR count). The van der Waals surface area contributed by atoms with Crippen LogP contribution in [0.15, 0.2) is 0 Å². The Kier molecular flexibility index (Phi) is 11.6. The Balaban J connectivity index is 0.000000331. The molecule has 0 saturated heterocycles. The first kappa shape index (κ1) is 20.2. The molecule has 0 atom stereocenters. The third kappa shape index (κ3) is 6.68. The molecule has 2 aliphatic rings. The van der Waals surface area contributed by atoms with Crippen molar-refractivity contribution in [2.75, 3.05) is 0 Å². The molecule has 14 radical (unpaired) electrons. The summed E-state index contributed by atoms with van der Waals surface area (Å²) in [5.41, 5.74) is 0. The maximum atomic E-state index is 2.20. The van der Waals surface area contributed by atoms with Crippen LogP contribution in [0.5, 0.6) is 0 Å². The number of hydrogen-bond acceptors (Lipinski definition) is 0. The average molecular weight is 414 g/mol. The van der Waals surface area contributed by atoms with E-state index in [0.717, 1.165) is 0 Å². The first-order valence-corrected chi connectivity index (χ1v) is 6.42. The van der Waals surface area contributed by atoms with Gasteiger partial charge in [0.1, 0.15) is 0 Å². The largest absolute Gasteiger partial charge is 0.0579 e. The first-order valence-electron chi connectivity index (χ1n) is 6.42. The Bertz CT molecular complexity index is 145. The summed E-state index contributed by atoms with van der Waals surface area (Å²) in [6.45, 7) is 11.0. The summed E-state index contributed by atoms with van der Waals surface area (Å²) in [6.07, 6.45) is 16.0. The van der Waals surface area contributed by atoms with E-state index in [-0.39, 0.29) is 36.9 Å². The third-order valence-corrected chi connectivity index (χ3v) is 3.70. The molecule has 0 N–H and O–H groups in total. The van der Waals surface area contributed by atoms with Crippen molar-refractivity contribution in [1.29, 1.82) is 0 Å². The third-order valence-electron chi connectivity index (χ3n) is 3.70. The normalized spacial score (nSPS) is 25.1. The van der Waals surface area contributed by atoms with E-state index in [0.29, 0.717) is 0 Å². The zero-order valence-electron chi connectivity index (χ0n) is 12.4. The second-order valence-electron chi connectivity index (χ2n) is 4.66. The quantitative estimate of drug-likeness (QED) is 0.543. The molecule has 0 aromatic rings. The fourth-order valence-electron chi connectivity index (χ4n) is 1.92. The van der Waals surface area contributed by atoms with Gasteiger partial charge in [0.15, 0.2) is 0 Å². The summed E-state index contributed by atoms with van der Waals surface area (Å²) in [5.74, 6) is 7.34. The molecule has 0 spiro atoms. The van der Waals surface area contributed by atoms with E-state index in [1.54, 1.807) is 0 Å². The Morgan fingerprint density at radius 3 is 0.579 bits per heavy atom. The maximum absolute atomic E-state index is 2.20. The van der Waals surface area contributed by atoms with Crippen LogP contribution in [0.4, 0.5) is 0 Å². The van der Waals surface area contributed by atoms with Crippen molar-refractivity contribution in [2.24, 2.45) is 0 Å². The zero-order chi connectivity index (χ0) is 13.5. The topological polar surface area (TPSA) is 0 Å². The summed E-state index contributed by atoms with van der Waals surface area (Å²) >= 11 is 0. The van der Waals surface area contributed by atoms with Gasteiger partial charge in [-0.25, -0.2) is 0 Å². The molecule has 110 valence electrons. The van der Waals surface area contributed by atoms with Crippen LogP contribution >= 0.6 is 0 Å². The monoisotopic (exact) mass is 414 g/mol. The number of rotatable bonds is 0. The standard InChI is InChI=1S/C10H15.C8H8.Lu/c1-6-7(2)9(4)10(5)8(6)3;1-2-4-6-8-7-5-3-1;/h1-5H3;1-8H;. The number of hydrogen-bond donors (Lipinski definition) is 0. The maximum Gasteiger partial charge on any atom is 0 e. The molecule has 0 bridgehead atoms. The van der Waals surface area contributed by atoms with Crippen LogP contribution in [0.25, 0.3) is 0 Å². The summed E-state index contributed by atoms with van der Waals surface area (Å²) in [5, 5.41) is 0. The molecule has 19 heavy (non-hydrogen) atoms. The van der Waals surface area contributed by atoms with E-state index < -0.39 is 0 Å². The van der Waals surface area contributed by atoms with Gasteiger partial charge in [-0.05, 0) is 81.0 Å². The van der Waals surface area contributed by atoms with Crippen LogP contribution in [0, 0.1) is 118 Å². The van der Waals surface area contributed by atoms with Gasteiger partial charge in [0, 0.05) is 36.9 Å². The van der Waals surface area contributed by atoms with Crippen LogP contribution in [0.2, 0.25) is 0 Å². The summed E-state index contributed by atoms with van der Waals surface area (Å²) in [4.78, 5) is 0. The van der Waals surface area contributed by atoms with Crippen LogP contribution in [-0.2, 0) is 0 Å². The molecule has 0 unspecified atom stereocenters. The van der Waals surface area contributed by atoms with Gasteiger partial charge >= 0.3 is 0 Å². The smallest absolute Gasteiger partial charge is 0 e. The van der Waals surface area contributed by atoms with Gasteiger partial charge in [-0.15, -0.1) is 0 Å². The van der Waals surface area contributed by atoms with Crippen molar-refractivity contribution in [1.82, 2.24) is 0 Å². The molecule has 0 aliphatic heterocycles. The Morgan fingerprint density at radius 1 is 0.368 bits per heavy atom. The molecule has 0 heterocycles. The fraction of sp³-hybridized carbons (Fsp3) is 0.278. The minimum Gasteiger partial charge on any atom is -0.0579 e. The van der Waals surface area contributed by atoms with Gasteiger partial charge in [-0.1, -0.05) is 34.6 Å². The molecule has 0 amide bonds. The van der Waals surface area contributed by atoms with Crippen molar-refractivity contribution in [3.05, 3.63) is 81.0 Å². The van der Waals surface area contributed by atoms with Gasteiger partial charge in [0.05, 0.1) is 0 Å². The molecule has 0 nitrogen and oxygen atoms in total. The van der Waals surface area contributed by atoms with E-state index in [2.05, 4.69) is 34.6 Å². The molecule has 2 fully saturated rings. The van der Waals surface area contributed by atoms with E-state index in [1.165, 1.54) is 29.6 Å². The molecular weight excluding hydrogens is 391 g/mol. The van der Waals surface area contributed by atoms with Crippen LogP contribution in [0.3, 0.4) is 0 Å². The van der Waals surface area contributed by atoms with Crippen LogP contribution in [-0.4, -0.2) is 0 Å². The minimum absolute atomic E-state index is 0. The van der Waals surface area contributed by atoms with E-state index in [4.69, 9.17) is 0 Å². The van der Waals surface area contributed by atoms with Crippen LogP contribution in [0.1, 0.15) is 34.6 Å². The van der Waals surface area contributed by atoms with Crippen molar-refractivity contribution in [3.63, 3.8) is 0 Å². The Hall–Kier alpha value is 1.23. The van der Waals surface area contributed by atoms with Crippen molar-refractivity contribution in [2.45, 2.75) is 34.6 Å². The van der Waals surface area contributed by atoms with Crippen LogP contribution < -0.4 is 0 Å². The molecule has 0 aromatic carbocycles. The summed E-state index contributed by atoms with van der Waals surface area (Å²) in [6, 6.07) is 0. The van der Waals surface area contributed by atoms with E-state index >= 15 is 0 Å². The van der Waals surface area contributed by atoms with E-state index in [1.807, 2.05) is 51.4 Å². The Morgan fingerprint density at radius 2 is 0.474 bits per heavy atom. The van der Waals surface area contributed by atoms with Crippen molar-refractivity contribution >= 4 is 0 Å². The summed E-state index contributed by atoms with van der Waals surface area (Å²) < 4.78 is 0. The second kappa shape index (κ2) is 10.9. The average Bonchev–Trinajstić information content (AvgIpc) is 2.48. The van der Waals surface area contributed by atoms with Gasteiger partial charge in [-0.2, -0.15) is 0 Å². The molecule has 2 aliphatic carbocycles. The van der Waals surface area contributed by atoms with Gasteiger partial charge in [0.2, 0.25) is 0 Å². The van der Waals surface area contributed by atoms with E-state index in [9.17, 15) is 0 Å². The van der Waals surface area contributed by atoms with Gasteiger partial charge in [0.25, 0.3) is 0 Å². The minimum atomic E-state index is 0. The molecule has 2 saturated carbocycles. The SMILES string of the molecule is C[C]1[C](C)[C](C)[C](C)[C]1C.[CH]1[CH][CH][CH][CH][CH][CH][CH]1.[Lu]. The second-order valence-corrected chi connectivity index (χ2v) is 4.66. The van der Waals surface area contributed by atoms with Gasteiger partial charge < -0.3 is 0 Å². The Labute approximate surface area is 151 Å². The summed E-state index contributed by atoms with van der Waals surface area (Å²) in [7, 11) is 0. The van der Waals surface area contributed by atoms with Crippen molar-refractivity contribution < 1.29 is 36.9 Å². The molecule has 1 heteroatoms. The first-order chi connectivity index (χ1) is 8.55. The molecular formula is C18H23Lu. The predicted molar refractivity (Wildman–Crippen MR) is 79.0 cm³/mol. The fourth-order valence-corrected chi connectivity index (χ4v) is 1.92.